The third kappa shape index (κ3) is 1.92. The van der Waals surface area contributed by atoms with Crippen molar-refractivity contribution < 1.29 is 19.0 Å². The van der Waals surface area contributed by atoms with E-state index in [-0.39, 0.29) is 0 Å². The molecule has 1 aliphatic carbocycles. The van der Waals surface area contributed by atoms with Gasteiger partial charge in [-0.3, -0.25) is 0 Å². The molecule has 2 unspecified atom stereocenters. The van der Waals surface area contributed by atoms with Crippen molar-refractivity contribution in [2.24, 2.45) is 0 Å². The summed E-state index contributed by atoms with van der Waals surface area (Å²) in [4.78, 5) is 4.93. The summed E-state index contributed by atoms with van der Waals surface area (Å²) in [6.45, 7) is 1.83. The van der Waals surface area contributed by atoms with Crippen LogP contribution >= 0.6 is 11.3 Å². The smallest absolute Gasteiger partial charge is 0.162 e. The molecule has 2 heterocycles. The van der Waals surface area contributed by atoms with Crippen molar-refractivity contribution in [3.63, 3.8) is 0 Å². The molecule has 0 saturated carbocycles. The van der Waals surface area contributed by atoms with Crippen LogP contribution in [0.3, 0.4) is 0 Å². The number of rotatable bonds is 1. The molecule has 2 N–H and O–H groups in total. The van der Waals surface area contributed by atoms with Crippen LogP contribution in [0.25, 0.3) is 10.8 Å². The molecule has 6 heteroatoms. The predicted octanol–water partition coefficient (Wildman–Crippen LogP) is 3.33. The van der Waals surface area contributed by atoms with Crippen molar-refractivity contribution in [2.75, 3.05) is 0 Å². The van der Waals surface area contributed by atoms with E-state index in [4.69, 9.17) is 4.42 Å². The van der Waals surface area contributed by atoms with Gasteiger partial charge in [0.05, 0.1) is 10.6 Å². The molecule has 0 amide bonds. The first kappa shape index (κ1) is 13.6. The molecule has 4 rings (SSSR count). The summed E-state index contributed by atoms with van der Waals surface area (Å²) in [6.07, 6.45) is -1.97. The fourth-order valence-electron chi connectivity index (χ4n) is 2.71. The maximum absolute atomic E-state index is 13.4. The van der Waals surface area contributed by atoms with Gasteiger partial charge in [-0.2, -0.15) is 0 Å². The molecule has 0 saturated heterocycles. The number of furan rings is 1. The van der Waals surface area contributed by atoms with Crippen molar-refractivity contribution >= 4 is 11.3 Å². The summed E-state index contributed by atoms with van der Waals surface area (Å²) in [6, 6.07) is 7.63. The summed E-state index contributed by atoms with van der Waals surface area (Å²) in [5.41, 5.74) is 1.26. The molecule has 22 heavy (non-hydrogen) atoms. The Morgan fingerprint density at radius 3 is 2.68 bits per heavy atom. The lowest BCUT2D eigenvalue weighted by Gasteiger charge is -2.24. The lowest BCUT2D eigenvalue weighted by molar-refractivity contribution is 0.173. The van der Waals surface area contributed by atoms with Crippen molar-refractivity contribution in [1.82, 2.24) is 4.98 Å². The van der Waals surface area contributed by atoms with E-state index in [0.29, 0.717) is 32.5 Å². The Labute approximate surface area is 129 Å². The zero-order valence-electron chi connectivity index (χ0n) is 11.6. The summed E-state index contributed by atoms with van der Waals surface area (Å²) in [5.74, 6) is 0.904. The Kier molecular flexibility index (Phi) is 2.94. The molecule has 0 radical (unpaired) electrons. The molecule has 4 nitrogen and oxygen atoms in total. The van der Waals surface area contributed by atoms with Crippen molar-refractivity contribution in [2.45, 2.75) is 19.1 Å². The van der Waals surface area contributed by atoms with Crippen LogP contribution in [0.5, 0.6) is 0 Å². The highest BCUT2D eigenvalue weighted by Gasteiger charge is 2.34. The van der Waals surface area contributed by atoms with Gasteiger partial charge in [-0.05, 0) is 42.3 Å². The molecule has 2 aromatic heterocycles. The van der Waals surface area contributed by atoms with Crippen LogP contribution in [0.2, 0.25) is 0 Å². The molecule has 0 spiro atoms. The second kappa shape index (κ2) is 4.74. The fraction of sp³-hybridized carbons (Fsp3) is 0.188. The van der Waals surface area contributed by atoms with Crippen LogP contribution in [-0.2, 0) is 0 Å². The number of hydrogen-bond acceptors (Lipinski definition) is 5. The van der Waals surface area contributed by atoms with Gasteiger partial charge in [0.25, 0.3) is 0 Å². The predicted molar refractivity (Wildman–Crippen MR) is 79.1 cm³/mol. The third-order valence-corrected chi connectivity index (χ3v) is 4.92. The SMILES string of the molecule is Cc1ccc(-c2nc3c(s2)C(O)c2cc(F)ccc2C3O)o1. The average Bonchev–Trinajstić information content (AvgIpc) is 3.11. The van der Waals surface area contributed by atoms with Gasteiger partial charge in [0, 0.05) is 0 Å². The number of aliphatic hydroxyl groups excluding tert-OH is 2. The first-order valence-electron chi connectivity index (χ1n) is 6.77. The van der Waals surface area contributed by atoms with Crippen molar-refractivity contribution in [3.05, 3.63) is 63.6 Å². The molecule has 0 bridgehead atoms. The van der Waals surface area contributed by atoms with Gasteiger partial charge in [0.2, 0.25) is 0 Å². The number of thiazole rings is 1. The molecule has 2 atom stereocenters. The fourth-order valence-corrected chi connectivity index (χ4v) is 3.77. The lowest BCUT2D eigenvalue weighted by atomic mass is 9.89. The van der Waals surface area contributed by atoms with Crippen LogP contribution < -0.4 is 0 Å². The van der Waals surface area contributed by atoms with Crippen molar-refractivity contribution in [1.29, 1.82) is 0 Å². The normalized spacial score (nSPS) is 19.8. The topological polar surface area (TPSA) is 66.5 Å². The van der Waals surface area contributed by atoms with E-state index >= 15 is 0 Å². The monoisotopic (exact) mass is 317 g/mol. The van der Waals surface area contributed by atoms with Crippen LogP contribution in [0, 0.1) is 12.7 Å². The van der Waals surface area contributed by atoms with E-state index in [0.717, 1.165) is 5.76 Å². The quantitative estimate of drug-likeness (QED) is 0.722. The van der Waals surface area contributed by atoms with Gasteiger partial charge in [0.15, 0.2) is 10.8 Å². The maximum Gasteiger partial charge on any atom is 0.162 e. The Morgan fingerprint density at radius 2 is 1.95 bits per heavy atom. The minimum absolute atomic E-state index is 0.380. The van der Waals surface area contributed by atoms with E-state index in [1.165, 1.54) is 29.5 Å². The van der Waals surface area contributed by atoms with Crippen molar-refractivity contribution in [3.8, 4) is 10.8 Å². The number of nitrogens with zero attached hydrogens (tertiary/aromatic N) is 1. The Morgan fingerprint density at radius 1 is 1.14 bits per heavy atom. The number of aryl methyl sites for hydroxylation is 1. The van der Waals surface area contributed by atoms with Gasteiger partial charge in [-0.25, -0.2) is 9.37 Å². The third-order valence-electron chi connectivity index (χ3n) is 3.78. The van der Waals surface area contributed by atoms with E-state index in [1.807, 2.05) is 13.0 Å². The number of aliphatic hydroxyl groups is 2. The van der Waals surface area contributed by atoms with Gasteiger partial charge in [0.1, 0.15) is 23.8 Å². The second-order valence-corrected chi connectivity index (χ2v) is 6.29. The highest BCUT2D eigenvalue weighted by atomic mass is 32.1. The standard InChI is InChI=1S/C16H12FNO3S/c1-7-2-5-11(21-7)16-18-12-13(19)9-4-3-8(17)6-10(9)14(20)15(12)22-16/h2-6,13-14,19-20H,1H3. The average molecular weight is 317 g/mol. The summed E-state index contributed by atoms with van der Waals surface area (Å²) in [5, 5.41) is 21.5. The minimum atomic E-state index is -0.994. The number of fused-ring (bicyclic) bond motifs is 2. The Balaban J connectivity index is 1.86. The van der Waals surface area contributed by atoms with Gasteiger partial charge < -0.3 is 14.6 Å². The second-order valence-electron chi connectivity index (χ2n) is 5.26. The highest BCUT2D eigenvalue weighted by molar-refractivity contribution is 7.15. The molecule has 1 aromatic carbocycles. The van der Waals surface area contributed by atoms with E-state index in [2.05, 4.69) is 4.98 Å². The van der Waals surface area contributed by atoms with E-state index in [1.54, 1.807) is 6.07 Å². The lowest BCUT2D eigenvalue weighted by Crippen LogP contribution is -2.16. The Bertz CT molecular complexity index is 870. The number of benzene rings is 1. The first-order chi connectivity index (χ1) is 10.5. The van der Waals surface area contributed by atoms with Crippen LogP contribution in [0.1, 0.15) is 39.7 Å². The summed E-state index contributed by atoms with van der Waals surface area (Å²) < 4.78 is 19.0. The summed E-state index contributed by atoms with van der Waals surface area (Å²) >= 11 is 1.25. The van der Waals surface area contributed by atoms with Gasteiger partial charge >= 0.3 is 0 Å². The number of hydrogen-bond donors (Lipinski definition) is 2. The molecular formula is C16H12FNO3S. The first-order valence-corrected chi connectivity index (χ1v) is 7.59. The number of aromatic nitrogens is 1. The molecule has 1 aliphatic rings. The zero-order valence-corrected chi connectivity index (χ0v) is 12.4. The largest absolute Gasteiger partial charge is 0.459 e. The zero-order chi connectivity index (χ0) is 15.4. The van der Waals surface area contributed by atoms with Gasteiger partial charge in [-0.15, -0.1) is 11.3 Å². The van der Waals surface area contributed by atoms with E-state index in [9.17, 15) is 14.6 Å². The van der Waals surface area contributed by atoms with Crippen LogP contribution in [-0.4, -0.2) is 15.2 Å². The highest BCUT2D eigenvalue weighted by Crippen LogP contribution is 2.45. The maximum atomic E-state index is 13.4. The molecule has 112 valence electrons. The Hall–Kier alpha value is -2.02. The van der Waals surface area contributed by atoms with Crippen LogP contribution in [0.4, 0.5) is 4.39 Å². The minimum Gasteiger partial charge on any atom is -0.459 e. The summed E-state index contributed by atoms with van der Waals surface area (Å²) in [7, 11) is 0. The van der Waals surface area contributed by atoms with E-state index < -0.39 is 18.0 Å². The van der Waals surface area contributed by atoms with Crippen LogP contribution in [0.15, 0.2) is 34.7 Å². The molecule has 3 aromatic rings. The molecule has 0 aliphatic heterocycles. The molecule has 0 fully saturated rings. The van der Waals surface area contributed by atoms with Gasteiger partial charge in [-0.1, -0.05) is 6.07 Å². The number of halogens is 1. The molecular weight excluding hydrogens is 305 g/mol.